The monoisotopic (exact) mass is 881 g/mol. The van der Waals surface area contributed by atoms with Crippen LogP contribution < -0.4 is 11.5 Å². The van der Waals surface area contributed by atoms with Crippen LogP contribution in [0.2, 0.25) is 0 Å². The lowest BCUT2D eigenvalue weighted by Crippen LogP contribution is -2.33. The number of benzene rings is 4. The van der Waals surface area contributed by atoms with E-state index in [9.17, 15) is 0 Å². The van der Waals surface area contributed by atoms with Crippen molar-refractivity contribution in [1.29, 1.82) is 0 Å². The Labute approximate surface area is 401 Å². The zero-order chi connectivity index (χ0) is 46.1. The number of unbranched alkanes of at least 4 members (excludes halogenated alkanes) is 20. The molecule has 0 saturated heterocycles. The van der Waals surface area contributed by atoms with Crippen molar-refractivity contribution < 1.29 is 0 Å². The van der Waals surface area contributed by atoms with E-state index in [2.05, 4.69) is 120 Å². The minimum atomic E-state index is 0.0462. The van der Waals surface area contributed by atoms with Crippen molar-refractivity contribution in [3.63, 3.8) is 0 Å². The van der Waals surface area contributed by atoms with Gasteiger partial charge in [-0.2, -0.15) is 0 Å². The molecule has 2 heteroatoms. The predicted molar refractivity (Wildman–Crippen MR) is 288 cm³/mol. The Bertz CT molecular complexity index is 1740. The largest absolute Gasteiger partial charge is 0.399 e. The maximum absolute atomic E-state index is 6.31. The van der Waals surface area contributed by atoms with Crippen LogP contribution in [0.25, 0.3) is 0 Å². The minimum absolute atomic E-state index is 0.0462. The molecule has 1 saturated carbocycles. The summed E-state index contributed by atoms with van der Waals surface area (Å²) in [5.41, 5.74) is 25.9. The standard InChI is InChI=1S/C63H96N2/c1-6-9-12-14-16-18-20-22-24-27-30-61(59-42-40-57(64)48-50(59)4)53-32-36-55(37-33-53)63(46-44-52(45-47-63)29-26-11-8-3)56-38-34-54(35-39-56)62(60-43-41-58(65)49-51(60)5)31-28-25-23-21-19-17-15-13-10-7-2/h32-43,48-49,52,61-62H,6-31,44-47,64-65H2,1-5H3. The topological polar surface area (TPSA) is 52.0 Å². The van der Waals surface area contributed by atoms with Crippen LogP contribution in [-0.2, 0) is 5.41 Å². The van der Waals surface area contributed by atoms with Gasteiger partial charge in [-0.1, -0.05) is 236 Å². The van der Waals surface area contributed by atoms with Crippen LogP contribution in [0.3, 0.4) is 0 Å². The number of rotatable bonds is 32. The van der Waals surface area contributed by atoms with Crippen LogP contribution in [0, 0.1) is 19.8 Å². The van der Waals surface area contributed by atoms with Gasteiger partial charge in [0.1, 0.15) is 0 Å². The summed E-state index contributed by atoms with van der Waals surface area (Å²) in [7, 11) is 0. The molecular weight excluding hydrogens is 785 g/mol. The minimum Gasteiger partial charge on any atom is -0.399 e. The first-order chi connectivity index (χ1) is 31.8. The van der Waals surface area contributed by atoms with Gasteiger partial charge in [-0.15, -0.1) is 0 Å². The van der Waals surface area contributed by atoms with Crippen molar-refractivity contribution in [1.82, 2.24) is 0 Å². The molecule has 0 amide bonds. The van der Waals surface area contributed by atoms with Gasteiger partial charge in [-0.25, -0.2) is 0 Å². The molecule has 2 nitrogen and oxygen atoms in total. The van der Waals surface area contributed by atoms with Crippen LogP contribution in [0.1, 0.15) is 270 Å². The average Bonchev–Trinajstić information content (AvgIpc) is 3.31. The summed E-state index contributed by atoms with van der Waals surface area (Å²) >= 11 is 0. The van der Waals surface area contributed by atoms with E-state index in [1.54, 1.807) is 0 Å². The Morgan fingerprint density at radius 1 is 0.431 bits per heavy atom. The molecule has 4 aromatic rings. The highest BCUT2D eigenvalue weighted by Crippen LogP contribution is 2.49. The maximum Gasteiger partial charge on any atom is 0.0316 e. The molecule has 1 fully saturated rings. The smallest absolute Gasteiger partial charge is 0.0316 e. The van der Waals surface area contributed by atoms with Crippen molar-refractivity contribution in [3.8, 4) is 0 Å². The molecule has 2 atom stereocenters. The number of anilines is 2. The Morgan fingerprint density at radius 3 is 1.12 bits per heavy atom. The van der Waals surface area contributed by atoms with E-state index in [1.807, 2.05) is 0 Å². The second kappa shape index (κ2) is 29.3. The van der Waals surface area contributed by atoms with Crippen molar-refractivity contribution in [2.75, 3.05) is 11.5 Å². The van der Waals surface area contributed by atoms with Gasteiger partial charge >= 0.3 is 0 Å². The average molecular weight is 881 g/mol. The molecule has 0 heterocycles. The highest BCUT2D eigenvalue weighted by Gasteiger charge is 2.38. The Balaban J connectivity index is 1.35. The Hall–Kier alpha value is -3.52. The quantitative estimate of drug-likeness (QED) is 0.0379. The molecule has 358 valence electrons. The zero-order valence-corrected chi connectivity index (χ0v) is 42.7. The number of hydrogen-bond acceptors (Lipinski definition) is 2. The summed E-state index contributed by atoms with van der Waals surface area (Å²) in [6, 6.07) is 33.5. The molecule has 0 aromatic heterocycles. The molecule has 0 spiro atoms. The van der Waals surface area contributed by atoms with Crippen LogP contribution in [0.4, 0.5) is 11.4 Å². The first kappa shape index (κ1) is 52.4. The van der Waals surface area contributed by atoms with Crippen LogP contribution >= 0.6 is 0 Å². The molecule has 2 unspecified atom stereocenters. The maximum atomic E-state index is 6.31. The van der Waals surface area contributed by atoms with E-state index in [4.69, 9.17) is 11.5 Å². The van der Waals surface area contributed by atoms with Gasteiger partial charge in [0.2, 0.25) is 0 Å². The summed E-state index contributed by atoms with van der Waals surface area (Å²) in [5, 5.41) is 0. The fourth-order valence-corrected chi connectivity index (χ4v) is 11.8. The lowest BCUT2D eigenvalue weighted by molar-refractivity contribution is 0.250. The molecule has 1 aliphatic carbocycles. The van der Waals surface area contributed by atoms with E-state index in [-0.39, 0.29) is 5.41 Å². The number of nitrogens with two attached hydrogens (primary N) is 2. The Morgan fingerprint density at radius 2 is 0.769 bits per heavy atom. The third-order valence-corrected chi connectivity index (χ3v) is 15.9. The van der Waals surface area contributed by atoms with E-state index in [0.717, 1.165) is 17.3 Å². The van der Waals surface area contributed by atoms with Gasteiger partial charge in [-0.3, -0.25) is 0 Å². The normalized spacial score (nSPS) is 17.3. The molecule has 0 radical (unpaired) electrons. The Kier molecular flexibility index (Phi) is 23.6. The fraction of sp³-hybridized carbons (Fsp3) is 0.619. The van der Waals surface area contributed by atoms with Crippen molar-refractivity contribution in [2.45, 2.75) is 244 Å². The third kappa shape index (κ3) is 16.6. The first-order valence-electron chi connectivity index (χ1n) is 27.7. The van der Waals surface area contributed by atoms with Gasteiger partial charge in [0.25, 0.3) is 0 Å². The van der Waals surface area contributed by atoms with E-state index >= 15 is 0 Å². The first-order valence-corrected chi connectivity index (χ1v) is 27.7. The second-order valence-corrected chi connectivity index (χ2v) is 21.0. The summed E-state index contributed by atoms with van der Waals surface area (Å²) in [6.45, 7) is 11.5. The van der Waals surface area contributed by atoms with E-state index in [1.165, 1.54) is 237 Å². The molecule has 65 heavy (non-hydrogen) atoms. The summed E-state index contributed by atoms with van der Waals surface area (Å²) in [6.07, 6.45) is 40.4. The van der Waals surface area contributed by atoms with E-state index < -0.39 is 0 Å². The summed E-state index contributed by atoms with van der Waals surface area (Å²) in [5.74, 6) is 1.64. The van der Waals surface area contributed by atoms with Gasteiger partial charge < -0.3 is 11.5 Å². The summed E-state index contributed by atoms with van der Waals surface area (Å²) in [4.78, 5) is 0. The number of aryl methyl sites for hydroxylation is 2. The summed E-state index contributed by atoms with van der Waals surface area (Å²) < 4.78 is 0. The lowest BCUT2D eigenvalue weighted by Gasteiger charge is -2.42. The molecule has 4 aromatic carbocycles. The van der Waals surface area contributed by atoms with Gasteiger partial charge in [-0.05, 0) is 127 Å². The molecule has 5 rings (SSSR count). The van der Waals surface area contributed by atoms with Crippen LogP contribution in [0.5, 0.6) is 0 Å². The SMILES string of the molecule is CCCCCCCCCCCCC(c1ccc(C2(c3ccc(C(CCCCCCCCCCCC)c4ccc(N)cc4C)cc3)CCC(CCCCC)CC2)cc1)c1ccc(N)cc1C. The zero-order valence-electron chi connectivity index (χ0n) is 42.7. The third-order valence-electron chi connectivity index (χ3n) is 15.9. The molecule has 0 bridgehead atoms. The van der Waals surface area contributed by atoms with E-state index in [0.29, 0.717) is 11.8 Å². The lowest BCUT2D eigenvalue weighted by atomic mass is 9.62. The predicted octanol–water partition coefficient (Wildman–Crippen LogP) is 19.4. The van der Waals surface area contributed by atoms with Crippen LogP contribution in [0.15, 0.2) is 84.9 Å². The highest BCUT2D eigenvalue weighted by atomic mass is 14.5. The highest BCUT2D eigenvalue weighted by molar-refractivity contribution is 5.51. The van der Waals surface area contributed by atoms with Gasteiger partial charge in [0, 0.05) is 28.6 Å². The fourth-order valence-electron chi connectivity index (χ4n) is 11.8. The van der Waals surface area contributed by atoms with Crippen molar-refractivity contribution in [3.05, 3.63) is 129 Å². The molecular formula is C63H96N2. The van der Waals surface area contributed by atoms with Crippen molar-refractivity contribution in [2.24, 2.45) is 5.92 Å². The molecule has 0 aliphatic heterocycles. The van der Waals surface area contributed by atoms with Crippen molar-refractivity contribution >= 4 is 11.4 Å². The number of nitrogen functional groups attached to an aromatic ring is 2. The second-order valence-electron chi connectivity index (χ2n) is 21.0. The van der Waals surface area contributed by atoms with Gasteiger partial charge in [0.15, 0.2) is 0 Å². The van der Waals surface area contributed by atoms with Gasteiger partial charge in [0.05, 0.1) is 0 Å². The van der Waals surface area contributed by atoms with Crippen LogP contribution in [-0.4, -0.2) is 0 Å². The molecule has 4 N–H and O–H groups in total. The molecule has 1 aliphatic rings. The number of hydrogen-bond donors (Lipinski definition) is 2.